The molecule has 3 unspecified atom stereocenters. The van der Waals surface area contributed by atoms with Crippen LogP contribution in [0.4, 0.5) is 13.2 Å². The number of likely N-dealkylation sites (tertiary alicyclic amines) is 1. The summed E-state index contributed by atoms with van der Waals surface area (Å²) in [5.74, 6) is -0.986. The fraction of sp³-hybridized carbons (Fsp3) is 0.696. The number of hydrogen-bond donors (Lipinski definition) is 0. The zero-order valence-electron chi connectivity index (χ0n) is 17.4. The van der Waals surface area contributed by atoms with Gasteiger partial charge in [0.2, 0.25) is 0 Å². The minimum Gasteiger partial charge on any atom is -0.494 e. The van der Waals surface area contributed by atoms with Gasteiger partial charge in [0.1, 0.15) is 5.75 Å². The number of piperidine rings is 2. The summed E-state index contributed by atoms with van der Waals surface area (Å²) in [5.41, 5.74) is 1.32. The maximum Gasteiger partial charge on any atom is 0.471 e. The average molecular weight is 425 g/mol. The number of fused-ring (bicyclic) bond motifs is 1. The van der Waals surface area contributed by atoms with E-state index in [1.807, 2.05) is 12.1 Å². The first kappa shape index (κ1) is 21.5. The van der Waals surface area contributed by atoms with Gasteiger partial charge >= 0.3 is 12.1 Å². The summed E-state index contributed by atoms with van der Waals surface area (Å²) in [7, 11) is 0. The van der Waals surface area contributed by atoms with Crippen LogP contribution < -0.4 is 4.74 Å². The van der Waals surface area contributed by atoms with E-state index in [-0.39, 0.29) is 6.54 Å². The lowest BCUT2D eigenvalue weighted by Crippen LogP contribution is -2.49. The fourth-order valence-electron chi connectivity index (χ4n) is 5.45. The molecule has 166 valence electrons. The summed E-state index contributed by atoms with van der Waals surface area (Å²) >= 11 is 0. The Labute approximate surface area is 176 Å². The van der Waals surface area contributed by atoms with E-state index in [2.05, 4.69) is 17.0 Å². The van der Waals surface area contributed by atoms with Gasteiger partial charge in [-0.25, -0.2) is 0 Å². The van der Waals surface area contributed by atoms with E-state index in [0.717, 1.165) is 23.1 Å². The van der Waals surface area contributed by atoms with Gasteiger partial charge in [0, 0.05) is 31.1 Å². The zero-order chi connectivity index (χ0) is 21.1. The molecule has 0 saturated carbocycles. The van der Waals surface area contributed by atoms with E-state index in [4.69, 9.17) is 4.74 Å². The third-order valence-corrected chi connectivity index (χ3v) is 6.96. The standard InChI is InChI=1S/C23H31F3N2O2/c24-23(25,26)22(29)28-15-4-2-6-19(28)13-16-30-20-10-7-17(8-11-20)21-12-9-18-5-1-3-14-27(18)21/h7-8,10-11,18-19,21H,1-6,9,12-16H2. The van der Waals surface area contributed by atoms with Crippen LogP contribution in [-0.2, 0) is 4.79 Å². The van der Waals surface area contributed by atoms with Gasteiger partial charge in [-0.15, -0.1) is 0 Å². The number of nitrogens with zero attached hydrogens (tertiary/aromatic N) is 2. The molecule has 7 heteroatoms. The van der Waals surface area contributed by atoms with Crippen LogP contribution in [0.5, 0.6) is 5.75 Å². The molecule has 3 heterocycles. The predicted molar refractivity (Wildman–Crippen MR) is 108 cm³/mol. The van der Waals surface area contributed by atoms with E-state index in [1.165, 1.54) is 44.2 Å². The van der Waals surface area contributed by atoms with Crippen molar-refractivity contribution in [3.63, 3.8) is 0 Å². The van der Waals surface area contributed by atoms with Crippen LogP contribution in [0, 0.1) is 0 Å². The molecule has 3 aliphatic rings. The number of halogens is 3. The molecule has 3 aliphatic heterocycles. The average Bonchev–Trinajstić information content (AvgIpc) is 3.18. The number of carbonyl (C=O) groups excluding carboxylic acids is 1. The largest absolute Gasteiger partial charge is 0.494 e. The van der Waals surface area contributed by atoms with Gasteiger partial charge in [-0.2, -0.15) is 13.2 Å². The number of hydrogen-bond acceptors (Lipinski definition) is 3. The Morgan fingerprint density at radius 3 is 2.47 bits per heavy atom. The lowest BCUT2D eigenvalue weighted by atomic mass is 9.99. The number of benzene rings is 1. The summed E-state index contributed by atoms with van der Waals surface area (Å²) < 4.78 is 44.3. The molecule has 0 aliphatic carbocycles. The monoisotopic (exact) mass is 424 g/mol. The van der Waals surface area contributed by atoms with Crippen LogP contribution in [0.2, 0.25) is 0 Å². The van der Waals surface area contributed by atoms with Crippen molar-refractivity contribution >= 4 is 5.91 Å². The lowest BCUT2D eigenvalue weighted by molar-refractivity contribution is -0.189. The van der Waals surface area contributed by atoms with Crippen molar-refractivity contribution in [2.75, 3.05) is 19.7 Å². The van der Waals surface area contributed by atoms with Crippen LogP contribution in [0.25, 0.3) is 0 Å². The van der Waals surface area contributed by atoms with Gasteiger partial charge in [0.25, 0.3) is 0 Å². The zero-order valence-corrected chi connectivity index (χ0v) is 17.4. The highest BCUT2D eigenvalue weighted by Gasteiger charge is 2.45. The Kier molecular flexibility index (Phi) is 6.56. The Balaban J connectivity index is 1.29. The van der Waals surface area contributed by atoms with E-state index in [0.29, 0.717) is 31.9 Å². The number of alkyl halides is 3. The van der Waals surface area contributed by atoms with E-state index in [1.54, 1.807) is 0 Å². The predicted octanol–water partition coefficient (Wildman–Crippen LogP) is 5.09. The summed E-state index contributed by atoms with van der Waals surface area (Å²) in [6.07, 6.45) is 4.10. The van der Waals surface area contributed by atoms with Crippen LogP contribution in [0.3, 0.4) is 0 Å². The second-order valence-corrected chi connectivity index (χ2v) is 8.83. The molecule has 0 N–H and O–H groups in total. The Hall–Kier alpha value is -1.76. The molecule has 4 rings (SSSR count). The molecule has 0 spiro atoms. The molecular formula is C23H31F3N2O2. The van der Waals surface area contributed by atoms with Gasteiger partial charge in [0.05, 0.1) is 6.61 Å². The second kappa shape index (κ2) is 9.16. The van der Waals surface area contributed by atoms with Crippen molar-refractivity contribution in [2.24, 2.45) is 0 Å². The minimum atomic E-state index is -4.81. The smallest absolute Gasteiger partial charge is 0.471 e. The molecule has 3 atom stereocenters. The van der Waals surface area contributed by atoms with Gasteiger partial charge in [-0.3, -0.25) is 9.69 Å². The summed E-state index contributed by atoms with van der Waals surface area (Å²) in [6.45, 7) is 1.67. The maximum atomic E-state index is 12.8. The molecule has 30 heavy (non-hydrogen) atoms. The van der Waals surface area contributed by atoms with E-state index >= 15 is 0 Å². The highest BCUT2D eigenvalue weighted by Crippen LogP contribution is 2.40. The molecule has 3 fully saturated rings. The van der Waals surface area contributed by atoms with E-state index < -0.39 is 18.1 Å². The SMILES string of the molecule is O=C(N1CCCCC1CCOc1ccc(C2CCC3CCCCN32)cc1)C(F)(F)F. The van der Waals surface area contributed by atoms with Crippen molar-refractivity contribution < 1.29 is 22.7 Å². The molecule has 4 nitrogen and oxygen atoms in total. The highest BCUT2D eigenvalue weighted by molar-refractivity contribution is 5.82. The molecule has 0 radical (unpaired) electrons. The molecule has 3 saturated heterocycles. The van der Waals surface area contributed by atoms with Crippen molar-refractivity contribution in [3.05, 3.63) is 29.8 Å². The number of rotatable bonds is 5. The third-order valence-electron chi connectivity index (χ3n) is 6.96. The number of carbonyl (C=O) groups is 1. The van der Waals surface area contributed by atoms with Gasteiger partial charge in [0.15, 0.2) is 0 Å². The third kappa shape index (κ3) is 4.76. The maximum absolute atomic E-state index is 12.8. The Bertz CT molecular complexity index is 722. The first-order valence-corrected chi connectivity index (χ1v) is 11.3. The number of amides is 1. The lowest BCUT2D eigenvalue weighted by Gasteiger charge is -2.36. The van der Waals surface area contributed by atoms with Crippen LogP contribution in [0.15, 0.2) is 24.3 Å². The fourth-order valence-corrected chi connectivity index (χ4v) is 5.45. The first-order chi connectivity index (χ1) is 14.4. The molecule has 1 amide bonds. The Morgan fingerprint density at radius 2 is 1.70 bits per heavy atom. The molecule has 0 aromatic heterocycles. The normalized spacial score (nSPS) is 27.7. The quantitative estimate of drug-likeness (QED) is 0.660. The van der Waals surface area contributed by atoms with Crippen molar-refractivity contribution in [3.8, 4) is 5.75 Å². The van der Waals surface area contributed by atoms with Crippen LogP contribution >= 0.6 is 0 Å². The summed E-state index contributed by atoms with van der Waals surface area (Å²) in [4.78, 5) is 15.3. The van der Waals surface area contributed by atoms with Crippen LogP contribution in [-0.4, -0.2) is 53.7 Å². The highest BCUT2D eigenvalue weighted by atomic mass is 19.4. The minimum absolute atomic E-state index is 0.177. The van der Waals surface area contributed by atoms with Crippen molar-refractivity contribution in [1.82, 2.24) is 9.80 Å². The van der Waals surface area contributed by atoms with Crippen LogP contribution in [0.1, 0.15) is 69.4 Å². The molecule has 1 aromatic rings. The summed E-state index contributed by atoms with van der Waals surface area (Å²) in [5, 5.41) is 0. The Morgan fingerprint density at radius 1 is 0.967 bits per heavy atom. The molecule has 1 aromatic carbocycles. The molecule has 0 bridgehead atoms. The second-order valence-electron chi connectivity index (χ2n) is 8.83. The van der Waals surface area contributed by atoms with Gasteiger partial charge in [-0.05, 0) is 69.2 Å². The topological polar surface area (TPSA) is 32.8 Å². The van der Waals surface area contributed by atoms with E-state index in [9.17, 15) is 18.0 Å². The van der Waals surface area contributed by atoms with Gasteiger partial charge in [-0.1, -0.05) is 18.6 Å². The van der Waals surface area contributed by atoms with Crippen molar-refractivity contribution in [2.45, 2.75) is 82.1 Å². The first-order valence-electron chi connectivity index (χ1n) is 11.3. The summed E-state index contributed by atoms with van der Waals surface area (Å²) in [6, 6.07) is 9.00. The number of ether oxygens (including phenoxy) is 1. The molecular weight excluding hydrogens is 393 g/mol. The van der Waals surface area contributed by atoms with Crippen molar-refractivity contribution in [1.29, 1.82) is 0 Å². The van der Waals surface area contributed by atoms with Gasteiger partial charge < -0.3 is 9.64 Å².